The van der Waals surface area contributed by atoms with E-state index in [4.69, 9.17) is 4.74 Å². The summed E-state index contributed by atoms with van der Waals surface area (Å²) in [7, 11) is 0. The first-order valence-electron chi connectivity index (χ1n) is 10.5. The molecule has 1 fully saturated rings. The van der Waals surface area contributed by atoms with E-state index in [1.54, 1.807) is 31.2 Å². The summed E-state index contributed by atoms with van der Waals surface area (Å²) >= 11 is 0. The van der Waals surface area contributed by atoms with E-state index in [1.807, 2.05) is 32.9 Å². The number of nitrogens with zero attached hydrogens (tertiary/aromatic N) is 4. The van der Waals surface area contributed by atoms with Crippen LogP contribution in [0.25, 0.3) is 0 Å². The molecule has 1 amide bonds. The molecule has 162 valence electrons. The summed E-state index contributed by atoms with van der Waals surface area (Å²) in [6.07, 6.45) is 1.20. The molecular weight excluding hydrogens is 406 g/mol. The van der Waals surface area contributed by atoms with Gasteiger partial charge in [0.1, 0.15) is 12.1 Å². The van der Waals surface area contributed by atoms with Gasteiger partial charge in [0.05, 0.1) is 34.7 Å². The van der Waals surface area contributed by atoms with Gasteiger partial charge in [0.2, 0.25) is 5.91 Å². The summed E-state index contributed by atoms with van der Waals surface area (Å²) in [5.41, 5.74) is -0.609. The van der Waals surface area contributed by atoms with Crippen molar-refractivity contribution in [2.75, 3.05) is 11.9 Å². The molecule has 0 spiro atoms. The highest BCUT2D eigenvalue weighted by atomic mass is 16.5. The van der Waals surface area contributed by atoms with E-state index in [1.165, 1.54) is 0 Å². The number of fused-ring (bicyclic) bond motifs is 5. The number of aromatic nitrogens is 2. The molecule has 32 heavy (non-hydrogen) atoms. The number of carbonyl (C=O) groups is 2. The monoisotopic (exact) mass is 429 g/mol. The maximum Gasteiger partial charge on any atom is 0.340 e. The Labute approximate surface area is 186 Å². The Hall–Kier alpha value is -3.78. The summed E-state index contributed by atoms with van der Waals surface area (Å²) in [5, 5.41) is 21.9. The standard InChI is InChI=1S/C24H23N5O3/c1-5-32-20(30)14-8-6-7-9-15(14)29-21(31)24-11-10-23(4,22(24,2)3)18-19(24)28-17(13-26)16(12-25)27-18/h6-9H,5,10-11H2,1-4H3,(H,29,31). The first-order valence-corrected chi connectivity index (χ1v) is 10.5. The van der Waals surface area contributed by atoms with E-state index in [-0.39, 0.29) is 29.5 Å². The highest BCUT2D eigenvalue weighted by molar-refractivity contribution is 6.06. The second kappa shape index (κ2) is 7.13. The van der Waals surface area contributed by atoms with Crippen molar-refractivity contribution >= 4 is 17.6 Å². The molecule has 1 saturated carbocycles. The van der Waals surface area contributed by atoms with Crippen LogP contribution in [0.4, 0.5) is 5.69 Å². The summed E-state index contributed by atoms with van der Waals surface area (Å²) in [6, 6.07) is 10.6. The predicted molar refractivity (Wildman–Crippen MR) is 115 cm³/mol. The predicted octanol–water partition coefficient (Wildman–Crippen LogP) is 3.36. The molecule has 1 aromatic heterocycles. The lowest BCUT2D eigenvalue weighted by molar-refractivity contribution is -0.125. The minimum atomic E-state index is -1.06. The lowest BCUT2D eigenvalue weighted by atomic mass is 9.63. The number of anilines is 1. The Kier molecular flexibility index (Phi) is 4.78. The van der Waals surface area contributed by atoms with Crippen molar-refractivity contribution in [3.63, 3.8) is 0 Å². The molecule has 1 N–H and O–H groups in total. The van der Waals surface area contributed by atoms with Gasteiger partial charge in [0.15, 0.2) is 11.4 Å². The minimum Gasteiger partial charge on any atom is -0.462 e. The molecule has 0 saturated heterocycles. The van der Waals surface area contributed by atoms with Crippen LogP contribution in [-0.4, -0.2) is 28.5 Å². The van der Waals surface area contributed by atoms with E-state index < -0.39 is 22.2 Å². The molecule has 8 heteroatoms. The first kappa shape index (κ1) is 21.5. The average molecular weight is 429 g/mol. The van der Waals surface area contributed by atoms with E-state index in [9.17, 15) is 20.1 Å². The Balaban J connectivity index is 1.85. The lowest BCUT2D eigenvalue weighted by Gasteiger charge is -2.39. The third kappa shape index (κ3) is 2.53. The van der Waals surface area contributed by atoms with E-state index in [2.05, 4.69) is 15.3 Å². The number of esters is 1. The number of benzene rings is 1. The molecule has 8 nitrogen and oxygen atoms in total. The molecule has 1 heterocycles. The van der Waals surface area contributed by atoms with Gasteiger partial charge in [-0.2, -0.15) is 10.5 Å². The third-order valence-electron chi connectivity index (χ3n) is 7.54. The van der Waals surface area contributed by atoms with Crippen molar-refractivity contribution in [2.45, 2.75) is 51.4 Å². The SMILES string of the molecule is CCOC(=O)c1ccccc1NC(=O)C12CCC(C)(c3nc(C#N)c(C#N)nc31)C2(C)C. The van der Waals surface area contributed by atoms with Gasteiger partial charge in [-0.1, -0.05) is 32.9 Å². The average Bonchev–Trinajstić information content (AvgIpc) is 3.08. The lowest BCUT2D eigenvalue weighted by Crippen LogP contribution is -2.48. The molecule has 2 atom stereocenters. The third-order valence-corrected chi connectivity index (χ3v) is 7.54. The van der Waals surface area contributed by atoms with Crippen LogP contribution in [-0.2, 0) is 20.4 Å². The van der Waals surface area contributed by atoms with Gasteiger partial charge in [0, 0.05) is 5.41 Å². The van der Waals surface area contributed by atoms with E-state index >= 15 is 0 Å². The molecule has 2 aromatic rings. The number of carbonyl (C=O) groups excluding carboxylic acids is 2. The second-order valence-electron chi connectivity index (χ2n) is 8.92. The zero-order valence-corrected chi connectivity index (χ0v) is 18.4. The smallest absolute Gasteiger partial charge is 0.340 e. The number of amides is 1. The fraction of sp³-hybridized carbons (Fsp3) is 0.417. The Morgan fingerprint density at radius 3 is 2.31 bits per heavy atom. The molecule has 2 unspecified atom stereocenters. The molecule has 0 aliphatic heterocycles. The van der Waals surface area contributed by atoms with Gasteiger partial charge in [-0.3, -0.25) is 4.79 Å². The molecular formula is C24H23N5O3. The largest absolute Gasteiger partial charge is 0.462 e. The Morgan fingerprint density at radius 1 is 1.06 bits per heavy atom. The van der Waals surface area contributed by atoms with Gasteiger partial charge < -0.3 is 10.1 Å². The highest BCUT2D eigenvalue weighted by Gasteiger charge is 2.73. The number of ether oxygens (including phenoxy) is 1. The van der Waals surface area contributed by atoms with Crippen molar-refractivity contribution in [2.24, 2.45) is 5.41 Å². The molecule has 2 aliphatic rings. The van der Waals surface area contributed by atoms with Crippen LogP contribution in [0.15, 0.2) is 24.3 Å². The molecule has 4 rings (SSSR count). The van der Waals surface area contributed by atoms with Crippen LogP contribution in [0.1, 0.15) is 73.7 Å². The first-order chi connectivity index (χ1) is 15.2. The van der Waals surface area contributed by atoms with Gasteiger partial charge >= 0.3 is 5.97 Å². The van der Waals surface area contributed by atoms with Gasteiger partial charge in [0.25, 0.3) is 0 Å². The number of hydrogen-bond donors (Lipinski definition) is 1. The van der Waals surface area contributed by atoms with Crippen LogP contribution in [0.3, 0.4) is 0 Å². The quantitative estimate of drug-likeness (QED) is 0.738. The summed E-state index contributed by atoms with van der Waals surface area (Å²) < 4.78 is 5.13. The molecule has 0 radical (unpaired) electrons. The summed E-state index contributed by atoms with van der Waals surface area (Å²) in [6.45, 7) is 7.97. The number of nitriles is 2. The van der Waals surface area contributed by atoms with Gasteiger partial charge in [-0.25, -0.2) is 14.8 Å². The second-order valence-corrected chi connectivity index (χ2v) is 8.92. The van der Waals surface area contributed by atoms with Crippen molar-refractivity contribution < 1.29 is 14.3 Å². The molecule has 2 aliphatic carbocycles. The summed E-state index contributed by atoms with van der Waals surface area (Å²) in [5.74, 6) is -0.835. The fourth-order valence-corrected chi connectivity index (χ4v) is 5.35. The number of hydrogen-bond acceptors (Lipinski definition) is 7. The van der Waals surface area contributed by atoms with Crippen LogP contribution in [0.2, 0.25) is 0 Å². The maximum atomic E-state index is 13.9. The Bertz CT molecular complexity index is 1240. The fourth-order valence-electron chi connectivity index (χ4n) is 5.35. The molecule has 1 aromatic carbocycles. The van der Waals surface area contributed by atoms with Gasteiger partial charge in [-0.15, -0.1) is 0 Å². The van der Waals surface area contributed by atoms with Crippen molar-refractivity contribution in [3.05, 3.63) is 52.6 Å². The van der Waals surface area contributed by atoms with Crippen LogP contribution >= 0.6 is 0 Å². The molecule has 2 bridgehead atoms. The minimum absolute atomic E-state index is 0.0287. The van der Waals surface area contributed by atoms with E-state index in [0.29, 0.717) is 29.9 Å². The number of nitrogens with one attached hydrogen (secondary N) is 1. The summed E-state index contributed by atoms with van der Waals surface area (Å²) in [4.78, 5) is 35.3. The van der Waals surface area contributed by atoms with Crippen molar-refractivity contribution in [1.29, 1.82) is 10.5 Å². The van der Waals surface area contributed by atoms with Crippen LogP contribution < -0.4 is 5.32 Å². The Morgan fingerprint density at radius 2 is 1.69 bits per heavy atom. The normalized spacial score (nSPS) is 24.2. The number of para-hydroxylation sites is 1. The van der Waals surface area contributed by atoms with E-state index in [0.717, 1.165) is 0 Å². The van der Waals surface area contributed by atoms with Gasteiger partial charge in [-0.05, 0) is 37.3 Å². The van der Waals surface area contributed by atoms with Crippen molar-refractivity contribution in [3.8, 4) is 12.1 Å². The maximum absolute atomic E-state index is 13.9. The van der Waals surface area contributed by atoms with Crippen molar-refractivity contribution in [1.82, 2.24) is 9.97 Å². The van der Waals surface area contributed by atoms with Crippen LogP contribution in [0, 0.1) is 28.1 Å². The zero-order valence-electron chi connectivity index (χ0n) is 18.4. The number of rotatable bonds is 4. The topological polar surface area (TPSA) is 129 Å². The zero-order chi connectivity index (χ0) is 23.3. The van der Waals surface area contributed by atoms with Crippen LogP contribution in [0.5, 0.6) is 0 Å². The highest BCUT2D eigenvalue weighted by Crippen LogP contribution is 2.70.